The van der Waals surface area contributed by atoms with Gasteiger partial charge in [-0.25, -0.2) is 0 Å². The summed E-state index contributed by atoms with van der Waals surface area (Å²) in [7, 11) is 4.38. The second kappa shape index (κ2) is 7.13. The molecule has 0 N–H and O–H groups in total. The Morgan fingerprint density at radius 1 is 1.22 bits per heavy atom. The van der Waals surface area contributed by atoms with Crippen molar-refractivity contribution < 1.29 is 14.0 Å². The first-order valence-electron chi connectivity index (χ1n) is 7.12. The fourth-order valence-electron chi connectivity index (χ4n) is 1.51. The molecule has 3 nitrogen and oxygen atoms in total. The van der Waals surface area contributed by atoms with Gasteiger partial charge in [-0.3, -0.25) is 4.79 Å². The third-order valence-electron chi connectivity index (χ3n) is 4.02. The van der Waals surface area contributed by atoms with Crippen LogP contribution >= 0.6 is 0 Å². The number of carbonyl (C=O) groups is 1. The number of rotatable bonds is 8. The molecule has 18 heavy (non-hydrogen) atoms. The number of esters is 1. The van der Waals surface area contributed by atoms with Crippen LogP contribution in [0, 0.1) is 11.3 Å². The standard InChI is InChI=1S/C15H32NO2/c1-8-9-10-16(6,7)11-12-18-14(17)15(4,5)13(2)3/h13H,8-12H2,1-7H3/q+1. The lowest BCUT2D eigenvalue weighted by atomic mass is 9.81. The number of hydrogen-bond acceptors (Lipinski definition) is 2. The number of hydrogen-bond donors (Lipinski definition) is 0. The Kier molecular flexibility index (Phi) is 6.90. The van der Waals surface area contributed by atoms with Crippen molar-refractivity contribution in [1.82, 2.24) is 0 Å². The third-order valence-corrected chi connectivity index (χ3v) is 4.02. The van der Waals surface area contributed by atoms with Gasteiger partial charge in [0.25, 0.3) is 0 Å². The highest BCUT2D eigenvalue weighted by Crippen LogP contribution is 2.27. The van der Waals surface area contributed by atoms with E-state index in [1.165, 1.54) is 12.8 Å². The van der Waals surface area contributed by atoms with Crippen LogP contribution in [0.3, 0.4) is 0 Å². The van der Waals surface area contributed by atoms with Crippen molar-refractivity contribution >= 4 is 5.97 Å². The molecule has 0 fully saturated rings. The Morgan fingerprint density at radius 3 is 2.22 bits per heavy atom. The van der Waals surface area contributed by atoms with Crippen LogP contribution in [0.4, 0.5) is 0 Å². The Labute approximate surface area is 113 Å². The summed E-state index contributed by atoms with van der Waals surface area (Å²) in [6.07, 6.45) is 2.43. The lowest BCUT2D eigenvalue weighted by Crippen LogP contribution is -2.44. The Balaban J connectivity index is 4.08. The number of carbonyl (C=O) groups excluding carboxylic acids is 1. The van der Waals surface area contributed by atoms with Gasteiger partial charge >= 0.3 is 5.97 Å². The third kappa shape index (κ3) is 5.85. The van der Waals surface area contributed by atoms with Gasteiger partial charge in [-0.1, -0.05) is 27.2 Å². The van der Waals surface area contributed by atoms with Gasteiger partial charge in [-0.05, 0) is 26.2 Å². The highest BCUT2D eigenvalue weighted by atomic mass is 16.5. The van der Waals surface area contributed by atoms with E-state index in [0.29, 0.717) is 12.5 Å². The fraction of sp³-hybridized carbons (Fsp3) is 0.933. The number of ether oxygens (including phenoxy) is 1. The van der Waals surface area contributed by atoms with E-state index in [4.69, 9.17) is 4.74 Å². The largest absolute Gasteiger partial charge is 0.459 e. The topological polar surface area (TPSA) is 26.3 Å². The zero-order chi connectivity index (χ0) is 14.4. The van der Waals surface area contributed by atoms with E-state index in [2.05, 4.69) is 34.9 Å². The summed E-state index contributed by atoms with van der Waals surface area (Å²) in [5.74, 6) is 0.223. The van der Waals surface area contributed by atoms with Gasteiger partial charge in [0.2, 0.25) is 0 Å². The number of quaternary nitrogens is 1. The molecule has 3 heteroatoms. The van der Waals surface area contributed by atoms with E-state index >= 15 is 0 Å². The van der Waals surface area contributed by atoms with Gasteiger partial charge < -0.3 is 9.22 Å². The van der Waals surface area contributed by atoms with E-state index in [9.17, 15) is 4.79 Å². The summed E-state index contributed by atoms with van der Waals surface area (Å²) in [5.41, 5.74) is -0.388. The summed E-state index contributed by atoms with van der Waals surface area (Å²) < 4.78 is 6.35. The van der Waals surface area contributed by atoms with Crippen LogP contribution in [0.25, 0.3) is 0 Å². The van der Waals surface area contributed by atoms with E-state index in [0.717, 1.165) is 17.6 Å². The van der Waals surface area contributed by atoms with Crippen LogP contribution in [0.15, 0.2) is 0 Å². The maximum atomic E-state index is 12.0. The molecule has 0 aromatic rings. The fourth-order valence-corrected chi connectivity index (χ4v) is 1.51. The summed E-state index contributed by atoms with van der Waals surface area (Å²) in [6, 6.07) is 0. The van der Waals surface area contributed by atoms with Crippen molar-refractivity contribution in [1.29, 1.82) is 0 Å². The van der Waals surface area contributed by atoms with Crippen molar-refractivity contribution in [2.75, 3.05) is 33.8 Å². The number of unbranched alkanes of at least 4 members (excludes halogenated alkanes) is 1. The van der Waals surface area contributed by atoms with Crippen molar-refractivity contribution in [2.24, 2.45) is 11.3 Å². The van der Waals surface area contributed by atoms with Gasteiger partial charge in [-0.2, -0.15) is 0 Å². The lowest BCUT2D eigenvalue weighted by Gasteiger charge is -2.31. The number of nitrogens with zero attached hydrogens (tertiary/aromatic N) is 1. The molecular weight excluding hydrogens is 226 g/mol. The molecule has 0 aliphatic carbocycles. The highest BCUT2D eigenvalue weighted by Gasteiger charge is 2.33. The van der Waals surface area contributed by atoms with Gasteiger partial charge in [0.1, 0.15) is 13.2 Å². The molecule has 0 spiro atoms. The first-order valence-corrected chi connectivity index (χ1v) is 7.12. The predicted octanol–water partition coefficient (Wildman–Crippen LogP) is 3.09. The monoisotopic (exact) mass is 258 g/mol. The second-order valence-electron chi connectivity index (χ2n) is 6.75. The predicted molar refractivity (Wildman–Crippen MR) is 76.3 cm³/mol. The van der Waals surface area contributed by atoms with Crippen LogP contribution in [0.5, 0.6) is 0 Å². The smallest absolute Gasteiger partial charge is 0.311 e. The average Bonchev–Trinajstić information content (AvgIpc) is 2.25. The molecule has 0 heterocycles. The Morgan fingerprint density at radius 2 is 1.78 bits per heavy atom. The van der Waals surface area contributed by atoms with Crippen molar-refractivity contribution in [3.8, 4) is 0 Å². The maximum Gasteiger partial charge on any atom is 0.311 e. The zero-order valence-corrected chi connectivity index (χ0v) is 13.4. The molecule has 0 saturated carbocycles. The maximum absolute atomic E-state index is 12.0. The molecule has 0 rings (SSSR count). The van der Waals surface area contributed by atoms with Crippen molar-refractivity contribution in [3.05, 3.63) is 0 Å². The SMILES string of the molecule is CCCC[N+](C)(C)CCOC(=O)C(C)(C)C(C)C. The van der Waals surface area contributed by atoms with Crippen LogP contribution in [-0.4, -0.2) is 44.2 Å². The second-order valence-corrected chi connectivity index (χ2v) is 6.75. The molecule has 0 saturated heterocycles. The van der Waals surface area contributed by atoms with Crippen molar-refractivity contribution in [3.63, 3.8) is 0 Å². The molecule has 0 radical (unpaired) electrons. The lowest BCUT2D eigenvalue weighted by molar-refractivity contribution is -0.890. The minimum atomic E-state index is -0.388. The van der Waals surface area contributed by atoms with Gasteiger partial charge in [0.05, 0.1) is 26.1 Å². The van der Waals surface area contributed by atoms with Crippen LogP contribution in [0.2, 0.25) is 0 Å². The van der Waals surface area contributed by atoms with Crippen LogP contribution < -0.4 is 0 Å². The quantitative estimate of drug-likeness (QED) is 0.494. The molecule has 0 aromatic heterocycles. The van der Waals surface area contributed by atoms with Gasteiger partial charge in [-0.15, -0.1) is 0 Å². The summed E-state index contributed by atoms with van der Waals surface area (Å²) >= 11 is 0. The van der Waals surface area contributed by atoms with E-state index < -0.39 is 0 Å². The number of likely N-dealkylation sites (N-methyl/N-ethyl adjacent to an activating group) is 1. The van der Waals surface area contributed by atoms with Crippen LogP contribution in [-0.2, 0) is 9.53 Å². The van der Waals surface area contributed by atoms with Crippen molar-refractivity contribution in [2.45, 2.75) is 47.5 Å². The summed E-state index contributed by atoms with van der Waals surface area (Å²) in [5, 5.41) is 0. The molecule has 0 aliphatic rings. The Bertz CT molecular complexity index is 257. The van der Waals surface area contributed by atoms with E-state index in [1.807, 2.05) is 13.8 Å². The molecule has 0 unspecified atom stereocenters. The van der Waals surface area contributed by atoms with E-state index in [-0.39, 0.29) is 11.4 Å². The average molecular weight is 258 g/mol. The minimum Gasteiger partial charge on any atom is -0.459 e. The normalized spacial score (nSPS) is 12.9. The molecule has 108 valence electrons. The molecular formula is C15H32NO2+. The van der Waals surface area contributed by atoms with Gasteiger partial charge in [0, 0.05) is 0 Å². The molecule has 0 atom stereocenters. The first-order chi connectivity index (χ1) is 8.13. The van der Waals surface area contributed by atoms with Crippen LogP contribution in [0.1, 0.15) is 47.5 Å². The van der Waals surface area contributed by atoms with Gasteiger partial charge in [0.15, 0.2) is 0 Å². The molecule has 0 bridgehead atoms. The molecule has 0 aliphatic heterocycles. The summed E-state index contributed by atoms with van der Waals surface area (Å²) in [4.78, 5) is 12.0. The zero-order valence-electron chi connectivity index (χ0n) is 13.4. The molecule has 0 aromatic carbocycles. The van der Waals surface area contributed by atoms with E-state index in [1.54, 1.807) is 0 Å². The molecule has 0 amide bonds. The first kappa shape index (κ1) is 17.4. The minimum absolute atomic E-state index is 0.0759. The Hall–Kier alpha value is -0.570. The highest BCUT2D eigenvalue weighted by molar-refractivity contribution is 5.76. The summed E-state index contributed by atoms with van der Waals surface area (Å²) in [6.45, 7) is 12.8.